The van der Waals surface area contributed by atoms with Gasteiger partial charge in [-0.1, -0.05) is 0 Å². The Kier molecular flexibility index (Phi) is 7.15. The third-order valence-corrected chi connectivity index (χ3v) is 3.82. The van der Waals surface area contributed by atoms with E-state index in [9.17, 15) is 32.9 Å². The number of hydrogen-bond donors (Lipinski definition) is 2. The first kappa shape index (κ1) is 21.4. The molecule has 1 aromatic carbocycles. The Morgan fingerprint density at radius 1 is 1.32 bits per heavy atom. The van der Waals surface area contributed by atoms with Crippen molar-refractivity contribution in [1.29, 1.82) is 0 Å². The van der Waals surface area contributed by atoms with E-state index in [1.54, 1.807) is 0 Å². The van der Waals surface area contributed by atoms with Crippen LogP contribution < -0.4 is 10.6 Å². The minimum absolute atomic E-state index is 0.00842. The summed E-state index contributed by atoms with van der Waals surface area (Å²) in [5.41, 5.74) is -1.98. The van der Waals surface area contributed by atoms with Gasteiger partial charge in [-0.25, -0.2) is 4.79 Å². The van der Waals surface area contributed by atoms with Crippen LogP contribution in [-0.2, 0) is 25.2 Å². The van der Waals surface area contributed by atoms with E-state index in [2.05, 4.69) is 10.6 Å². The maximum Gasteiger partial charge on any atom is 0.416 e. The van der Waals surface area contributed by atoms with Crippen LogP contribution in [0.15, 0.2) is 18.2 Å². The molecule has 1 aliphatic rings. The molecule has 28 heavy (non-hydrogen) atoms. The molecule has 9 nitrogen and oxygen atoms in total. The van der Waals surface area contributed by atoms with Gasteiger partial charge in [0.25, 0.3) is 11.6 Å². The van der Waals surface area contributed by atoms with Crippen LogP contribution in [0.2, 0.25) is 0 Å². The van der Waals surface area contributed by atoms with Crippen molar-refractivity contribution < 1.29 is 37.2 Å². The van der Waals surface area contributed by atoms with Crippen LogP contribution in [0, 0.1) is 10.1 Å². The van der Waals surface area contributed by atoms with Crippen molar-refractivity contribution >= 4 is 23.3 Å². The van der Waals surface area contributed by atoms with Gasteiger partial charge in [0, 0.05) is 25.8 Å². The number of amides is 1. The topological polar surface area (TPSA) is 120 Å². The molecule has 0 bridgehead atoms. The Bertz CT molecular complexity index is 735. The monoisotopic (exact) mass is 405 g/mol. The van der Waals surface area contributed by atoms with Gasteiger partial charge in [-0.15, -0.1) is 0 Å². The van der Waals surface area contributed by atoms with Gasteiger partial charge in [0.1, 0.15) is 5.69 Å². The number of benzene rings is 1. The summed E-state index contributed by atoms with van der Waals surface area (Å²) in [4.78, 5) is 33.2. The van der Waals surface area contributed by atoms with E-state index in [0.29, 0.717) is 19.1 Å². The predicted octanol–water partition coefficient (Wildman–Crippen LogP) is 1.86. The molecule has 2 rings (SSSR count). The third kappa shape index (κ3) is 6.08. The maximum atomic E-state index is 12.7. The summed E-state index contributed by atoms with van der Waals surface area (Å²) in [6.45, 7) is -0.0149. The quantitative estimate of drug-likeness (QED) is 0.293. The van der Waals surface area contributed by atoms with Crippen molar-refractivity contribution in [3.63, 3.8) is 0 Å². The van der Waals surface area contributed by atoms with Crippen LogP contribution in [0.1, 0.15) is 18.4 Å². The van der Waals surface area contributed by atoms with Crippen molar-refractivity contribution in [3.8, 4) is 0 Å². The number of hydrogen-bond acceptors (Lipinski definition) is 7. The molecular formula is C16H18F3N3O6. The molecule has 1 heterocycles. The number of anilines is 1. The van der Waals surface area contributed by atoms with Gasteiger partial charge in [-0.2, -0.15) is 13.2 Å². The second-order valence-corrected chi connectivity index (χ2v) is 5.87. The first-order chi connectivity index (χ1) is 13.2. The van der Waals surface area contributed by atoms with Crippen molar-refractivity contribution in [2.75, 3.05) is 31.6 Å². The Morgan fingerprint density at radius 3 is 2.68 bits per heavy atom. The second-order valence-electron chi connectivity index (χ2n) is 5.87. The molecule has 0 spiro atoms. The molecule has 2 N–H and O–H groups in total. The van der Waals surface area contributed by atoms with Crippen molar-refractivity contribution in [3.05, 3.63) is 33.9 Å². The first-order valence-corrected chi connectivity index (χ1v) is 8.33. The molecule has 12 heteroatoms. The zero-order chi connectivity index (χ0) is 20.7. The molecule has 1 aromatic rings. The number of carbonyl (C=O) groups excluding carboxylic acids is 2. The molecule has 1 amide bonds. The lowest BCUT2D eigenvalue weighted by Gasteiger charge is -2.12. The standard InChI is InChI=1S/C16H18F3N3O6/c17-16(18,19)10-3-4-11(12(8-10)22(25)26)20-5-6-21-14(23)9-28-15(24)13-2-1-7-27-13/h3-4,8,13,20H,1-2,5-7,9H2,(H,21,23)/t13-/m1/s1. The normalized spacial score (nSPS) is 16.5. The lowest BCUT2D eigenvalue weighted by atomic mass is 10.1. The minimum Gasteiger partial charge on any atom is -0.454 e. The number of carbonyl (C=O) groups is 2. The second kappa shape index (κ2) is 9.35. The van der Waals surface area contributed by atoms with Gasteiger partial charge >= 0.3 is 12.1 Å². The molecule has 0 radical (unpaired) electrons. The van der Waals surface area contributed by atoms with E-state index in [1.807, 2.05) is 0 Å². The highest BCUT2D eigenvalue weighted by Crippen LogP contribution is 2.34. The Hall–Kier alpha value is -2.89. The maximum absolute atomic E-state index is 12.7. The number of esters is 1. The number of nitro groups is 1. The molecular weight excluding hydrogens is 387 g/mol. The SMILES string of the molecule is O=C(COC(=O)[C@H]1CCCO1)NCCNc1ccc(C(F)(F)F)cc1[N+](=O)[O-]. The zero-order valence-corrected chi connectivity index (χ0v) is 14.6. The summed E-state index contributed by atoms with van der Waals surface area (Å²) < 4.78 is 47.9. The Balaban J connectivity index is 1.77. The van der Waals surface area contributed by atoms with Gasteiger partial charge in [0.15, 0.2) is 12.7 Å². The van der Waals surface area contributed by atoms with Crippen LogP contribution in [0.5, 0.6) is 0 Å². The molecule has 0 aromatic heterocycles. The number of nitrogens with zero attached hydrogens (tertiary/aromatic N) is 1. The number of rotatable bonds is 8. The molecule has 1 fully saturated rings. The van der Waals surface area contributed by atoms with Crippen molar-refractivity contribution in [1.82, 2.24) is 5.32 Å². The van der Waals surface area contributed by atoms with E-state index >= 15 is 0 Å². The Labute approximate surface area is 157 Å². The number of ether oxygens (including phenoxy) is 2. The van der Waals surface area contributed by atoms with Crippen LogP contribution in [0.25, 0.3) is 0 Å². The van der Waals surface area contributed by atoms with E-state index in [1.165, 1.54) is 0 Å². The number of alkyl halides is 3. The van der Waals surface area contributed by atoms with Crippen molar-refractivity contribution in [2.45, 2.75) is 25.1 Å². The molecule has 0 saturated carbocycles. The van der Waals surface area contributed by atoms with Crippen molar-refractivity contribution in [2.24, 2.45) is 0 Å². The summed E-state index contributed by atoms with van der Waals surface area (Å²) in [5, 5.41) is 16.0. The number of nitrogens with one attached hydrogen (secondary N) is 2. The summed E-state index contributed by atoms with van der Waals surface area (Å²) in [5.74, 6) is -1.21. The highest BCUT2D eigenvalue weighted by molar-refractivity contribution is 5.82. The van der Waals surface area contributed by atoms with Gasteiger partial charge in [0.05, 0.1) is 10.5 Å². The predicted molar refractivity (Wildman–Crippen MR) is 89.5 cm³/mol. The molecule has 1 saturated heterocycles. The Morgan fingerprint density at radius 2 is 2.07 bits per heavy atom. The van der Waals surface area contributed by atoms with Crippen LogP contribution in [0.3, 0.4) is 0 Å². The molecule has 0 aliphatic carbocycles. The summed E-state index contributed by atoms with van der Waals surface area (Å²) in [6.07, 6.45) is -4.07. The molecule has 1 aliphatic heterocycles. The van der Waals surface area contributed by atoms with Gasteiger partial charge < -0.3 is 20.1 Å². The van der Waals surface area contributed by atoms with E-state index < -0.39 is 46.9 Å². The minimum atomic E-state index is -4.70. The van der Waals surface area contributed by atoms with Crippen LogP contribution in [-0.4, -0.2) is 49.2 Å². The van der Waals surface area contributed by atoms with E-state index in [0.717, 1.165) is 18.6 Å². The summed E-state index contributed by atoms with van der Waals surface area (Å²) >= 11 is 0. The summed E-state index contributed by atoms with van der Waals surface area (Å²) in [6, 6.07) is 2.11. The van der Waals surface area contributed by atoms with Crippen LogP contribution in [0.4, 0.5) is 24.5 Å². The highest BCUT2D eigenvalue weighted by atomic mass is 19.4. The van der Waals surface area contributed by atoms with Crippen LogP contribution >= 0.6 is 0 Å². The highest BCUT2D eigenvalue weighted by Gasteiger charge is 2.33. The lowest BCUT2D eigenvalue weighted by molar-refractivity contribution is -0.384. The lowest BCUT2D eigenvalue weighted by Crippen LogP contribution is -2.34. The molecule has 1 atom stereocenters. The van der Waals surface area contributed by atoms with Gasteiger partial charge in [-0.3, -0.25) is 14.9 Å². The number of halogens is 3. The first-order valence-electron chi connectivity index (χ1n) is 8.33. The molecule has 0 unspecified atom stereocenters. The molecule has 154 valence electrons. The van der Waals surface area contributed by atoms with Gasteiger partial charge in [-0.05, 0) is 25.0 Å². The average molecular weight is 405 g/mol. The fraction of sp³-hybridized carbons (Fsp3) is 0.500. The van der Waals surface area contributed by atoms with E-state index in [4.69, 9.17) is 9.47 Å². The summed E-state index contributed by atoms with van der Waals surface area (Å²) in [7, 11) is 0. The largest absolute Gasteiger partial charge is 0.454 e. The number of nitro benzene ring substituents is 1. The average Bonchev–Trinajstić information content (AvgIpc) is 3.17. The fourth-order valence-electron chi connectivity index (χ4n) is 2.45. The third-order valence-electron chi connectivity index (χ3n) is 3.82. The fourth-order valence-corrected chi connectivity index (χ4v) is 2.45. The smallest absolute Gasteiger partial charge is 0.416 e. The van der Waals surface area contributed by atoms with Gasteiger partial charge in [0.2, 0.25) is 0 Å². The zero-order valence-electron chi connectivity index (χ0n) is 14.6. The van der Waals surface area contributed by atoms with E-state index in [-0.39, 0.29) is 18.8 Å².